The second kappa shape index (κ2) is 7.97. The Morgan fingerprint density at radius 1 is 1.03 bits per heavy atom. The summed E-state index contributed by atoms with van der Waals surface area (Å²) in [5.74, 6) is -2.90. The van der Waals surface area contributed by atoms with Crippen molar-refractivity contribution >= 4 is 46.6 Å². The van der Waals surface area contributed by atoms with Crippen molar-refractivity contribution in [2.45, 2.75) is 13.0 Å². The van der Waals surface area contributed by atoms with E-state index in [0.29, 0.717) is 10.6 Å². The minimum atomic E-state index is -0.824. The molecule has 2 aromatic rings. The molecule has 5 rings (SSSR count). The van der Waals surface area contributed by atoms with Gasteiger partial charge in [0.05, 0.1) is 33.3 Å². The lowest BCUT2D eigenvalue weighted by Crippen LogP contribution is -2.50. The first kappa shape index (κ1) is 21.6. The number of hydrogen-bond donors (Lipinski definition) is 0. The first-order chi connectivity index (χ1) is 15.8. The molecular weight excluding hydrogens is 469 g/mol. The molecule has 0 radical (unpaired) electrons. The zero-order valence-electron chi connectivity index (χ0n) is 17.1. The number of carbonyl (C=O) groups is 3. The maximum atomic E-state index is 13.6. The normalized spacial score (nSPS) is 25.0. The number of rotatable bonds is 5. The molecule has 2 bridgehead atoms. The summed E-state index contributed by atoms with van der Waals surface area (Å²) in [6.07, 6.45) is 4.65. The summed E-state index contributed by atoms with van der Waals surface area (Å²) in [5.41, 5.74) is -0.126. The second-order valence-corrected chi connectivity index (χ2v) is 9.19. The summed E-state index contributed by atoms with van der Waals surface area (Å²) in [4.78, 5) is 51.3. The number of amides is 3. The Hall–Kier alpha value is -3.23. The Morgan fingerprint density at radius 2 is 1.67 bits per heavy atom. The minimum absolute atomic E-state index is 0.0468. The van der Waals surface area contributed by atoms with E-state index in [2.05, 4.69) is 0 Å². The van der Waals surface area contributed by atoms with Crippen LogP contribution in [0.1, 0.15) is 22.3 Å². The van der Waals surface area contributed by atoms with Gasteiger partial charge in [0.15, 0.2) is 0 Å². The van der Waals surface area contributed by atoms with Gasteiger partial charge in [0.25, 0.3) is 23.4 Å². The fourth-order valence-corrected chi connectivity index (χ4v) is 5.44. The fourth-order valence-electron chi connectivity index (χ4n) is 5.12. The highest BCUT2D eigenvalue weighted by Gasteiger charge is 2.61. The first-order valence-corrected chi connectivity index (χ1v) is 11.1. The molecule has 0 spiro atoms. The Bertz CT molecular complexity index is 1220. The van der Waals surface area contributed by atoms with E-state index in [9.17, 15) is 24.5 Å². The number of fused-ring (bicyclic) bond motifs is 5. The predicted molar refractivity (Wildman–Crippen MR) is 119 cm³/mol. The Labute approximate surface area is 198 Å². The van der Waals surface area contributed by atoms with Crippen LogP contribution in [0.3, 0.4) is 0 Å². The number of nitrogens with zero attached hydrogens (tertiary/aromatic N) is 3. The smallest absolute Gasteiger partial charge is 0.272 e. The molecule has 1 saturated heterocycles. The number of carbonyl (C=O) groups excluding carboxylic acids is 3. The van der Waals surface area contributed by atoms with Gasteiger partial charge in [-0.25, -0.2) is 5.01 Å². The maximum absolute atomic E-state index is 13.6. The van der Waals surface area contributed by atoms with Crippen LogP contribution in [0, 0.1) is 33.8 Å². The number of nitro groups is 1. The van der Waals surface area contributed by atoms with Crippen molar-refractivity contribution < 1.29 is 19.3 Å². The molecule has 1 saturated carbocycles. The van der Waals surface area contributed by atoms with Gasteiger partial charge in [0.2, 0.25) is 0 Å². The van der Waals surface area contributed by atoms with Crippen LogP contribution in [0.4, 0.5) is 5.69 Å². The van der Waals surface area contributed by atoms with E-state index in [1.54, 1.807) is 12.1 Å². The van der Waals surface area contributed by atoms with Crippen LogP contribution in [-0.4, -0.2) is 32.7 Å². The van der Waals surface area contributed by atoms with Crippen LogP contribution in [0.2, 0.25) is 10.0 Å². The molecule has 10 heteroatoms. The molecule has 0 aromatic heterocycles. The number of imide groups is 1. The highest BCUT2D eigenvalue weighted by atomic mass is 35.5. The van der Waals surface area contributed by atoms with Gasteiger partial charge in [-0.05, 0) is 42.0 Å². The lowest BCUT2D eigenvalue weighted by atomic mass is 9.85. The number of allylic oxidation sites excluding steroid dienone is 2. The summed E-state index contributed by atoms with van der Waals surface area (Å²) in [7, 11) is 0. The van der Waals surface area contributed by atoms with Crippen LogP contribution in [0.15, 0.2) is 54.6 Å². The number of halogens is 2. The van der Waals surface area contributed by atoms with Gasteiger partial charge in [-0.3, -0.25) is 24.5 Å². The van der Waals surface area contributed by atoms with E-state index >= 15 is 0 Å². The molecule has 2 fully saturated rings. The van der Waals surface area contributed by atoms with Crippen molar-refractivity contribution in [3.8, 4) is 0 Å². The summed E-state index contributed by atoms with van der Waals surface area (Å²) in [6.45, 7) is -0.193. The molecule has 2 aliphatic carbocycles. The van der Waals surface area contributed by atoms with Crippen LogP contribution in [0.25, 0.3) is 0 Å². The fraction of sp³-hybridized carbons (Fsp3) is 0.261. The van der Waals surface area contributed by atoms with Crippen molar-refractivity contribution in [3.63, 3.8) is 0 Å². The molecule has 0 unspecified atom stereocenters. The maximum Gasteiger partial charge on any atom is 0.282 e. The topological polar surface area (TPSA) is 101 Å². The molecule has 1 heterocycles. The van der Waals surface area contributed by atoms with Crippen molar-refractivity contribution in [3.05, 3.63) is 85.9 Å². The zero-order valence-corrected chi connectivity index (χ0v) is 18.6. The zero-order chi connectivity index (χ0) is 23.4. The molecule has 3 amide bonds. The molecular formula is C23H17Cl2N3O5. The number of para-hydroxylation sites is 1. The average molecular weight is 486 g/mol. The molecule has 168 valence electrons. The van der Waals surface area contributed by atoms with Gasteiger partial charge in [-0.2, -0.15) is 5.01 Å². The molecule has 3 aliphatic rings. The van der Waals surface area contributed by atoms with Crippen LogP contribution in [-0.2, 0) is 16.1 Å². The molecule has 33 heavy (non-hydrogen) atoms. The molecule has 4 atom stereocenters. The summed E-state index contributed by atoms with van der Waals surface area (Å²) in [6, 6.07) is 10.1. The van der Waals surface area contributed by atoms with Gasteiger partial charge in [-0.15, -0.1) is 0 Å². The van der Waals surface area contributed by atoms with Gasteiger partial charge in [0, 0.05) is 6.07 Å². The van der Waals surface area contributed by atoms with E-state index in [1.807, 2.05) is 12.2 Å². The van der Waals surface area contributed by atoms with Crippen LogP contribution in [0.5, 0.6) is 0 Å². The van der Waals surface area contributed by atoms with Crippen LogP contribution >= 0.6 is 23.2 Å². The van der Waals surface area contributed by atoms with Crippen molar-refractivity contribution in [1.29, 1.82) is 0 Å². The number of benzene rings is 2. The minimum Gasteiger partial charge on any atom is -0.272 e. The average Bonchev–Trinajstić information content (AvgIpc) is 3.48. The van der Waals surface area contributed by atoms with Gasteiger partial charge in [-0.1, -0.05) is 53.6 Å². The van der Waals surface area contributed by atoms with E-state index < -0.39 is 40.2 Å². The second-order valence-electron chi connectivity index (χ2n) is 8.37. The Kier molecular flexibility index (Phi) is 5.22. The molecule has 2 aromatic carbocycles. The monoisotopic (exact) mass is 485 g/mol. The third kappa shape index (κ3) is 3.41. The lowest BCUT2D eigenvalue weighted by Gasteiger charge is -2.31. The third-order valence-corrected chi connectivity index (χ3v) is 7.31. The largest absolute Gasteiger partial charge is 0.282 e. The van der Waals surface area contributed by atoms with Crippen LogP contribution < -0.4 is 0 Å². The highest BCUT2D eigenvalue weighted by Crippen LogP contribution is 2.53. The Morgan fingerprint density at radius 3 is 2.27 bits per heavy atom. The summed E-state index contributed by atoms with van der Waals surface area (Å²) in [5, 5.41) is 14.0. The van der Waals surface area contributed by atoms with E-state index in [4.69, 9.17) is 23.2 Å². The standard InChI is InChI=1S/C23H17Cl2N3O5/c24-16-8-5-12(9-17(16)25)11-26(21(29)15-3-1-2-4-18(15)28(32)33)27-22(30)19-13-6-7-14(10-13)20(19)23(27)31/h1-9,13-14,19-20H,10-11H2/t13-,14-,19-,20+/m0/s1. The summed E-state index contributed by atoms with van der Waals surface area (Å²) >= 11 is 12.1. The number of hydrogen-bond acceptors (Lipinski definition) is 5. The third-order valence-electron chi connectivity index (χ3n) is 6.57. The Balaban J connectivity index is 1.57. The number of hydrazine groups is 1. The van der Waals surface area contributed by atoms with Crippen molar-refractivity contribution in [2.24, 2.45) is 23.7 Å². The predicted octanol–water partition coefficient (Wildman–Crippen LogP) is 4.27. The highest BCUT2D eigenvalue weighted by molar-refractivity contribution is 6.42. The molecule has 8 nitrogen and oxygen atoms in total. The van der Waals surface area contributed by atoms with Gasteiger partial charge in [0.1, 0.15) is 5.56 Å². The van der Waals surface area contributed by atoms with Gasteiger partial charge < -0.3 is 0 Å². The quantitative estimate of drug-likeness (QED) is 0.272. The van der Waals surface area contributed by atoms with E-state index in [0.717, 1.165) is 16.4 Å². The van der Waals surface area contributed by atoms with Crippen molar-refractivity contribution in [2.75, 3.05) is 0 Å². The van der Waals surface area contributed by atoms with Gasteiger partial charge >= 0.3 is 0 Å². The lowest BCUT2D eigenvalue weighted by molar-refractivity contribution is -0.385. The van der Waals surface area contributed by atoms with E-state index in [-0.39, 0.29) is 29.0 Å². The molecule has 0 N–H and O–H groups in total. The van der Waals surface area contributed by atoms with Crippen molar-refractivity contribution in [1.82, 2.24) is 10.0 Å². The molecule has 1 aliphatic heterocycles. The number of nitro benzene ring substituents is 1. The first-order valence-electron chi connectivity index (χ1n) is 10.3. The SMILES string of the molecule is O=C(c1ccccc1[N+](=O)[O-])N(Cc1ccc(Cl)c(Cl)c1)N1C(=O)[C@@H]2[C@H](C1=O)[C@H]1C=C[C@H]2C1. The van der Waals surface area contributed by atoms with E-state index in [1.165, 1.54) is 30.3 Å². The summed E-state index contributed by atoms with van der Waals surface area (Å²) < 4.78 is 0.